The second-order valence-electron chi connectivity index (χ2n) is 3.23. The minimum Gasteiger partial charge on any atom is -0.366 e. The minimum absolute atomic E-state index is 0.00648. The first-order chi connectivity index (χ1) is 7.24. The van der Waals surface area contributed by atoms with E-state index in [9.17, 15) is 9.59 Å². The number of amides is 2. The van der Waals surface area contributed by atoms with Crippen LogP contribution >= 0.6 is 0 Å². The number of nitrogens with one attached hydrogen (secondary N) is 3. The van der Waals surface area contributed by atoms with Gasteiger partial charge in [0, 0.05) is 19.6 Å². The van der Waals surface area contributed by atoms with Crippen LogP contribution in [0.15, 0.2) is 0 Å². The molecule has 0 radical (unpaired) electrons. The predicted molar refractivity (Wildman–Crippen MR) is 54.3 cm³/mol. The second-order valence-corrected chi connectivity index (χ2v) is 3.23. The number of rotatable bonds is 4. The molecule has 2 amide bonds. The zero-order chi connectivity index (χ0) is 11.1. The quantitative estimate of drug-likeness (QED) is 0.518. The van der Waals surface area contributed by atoms with Crippen LogP contribution < -0.4 is 16.0 Å². The van der Waals surface area contributed by atoms with Gasteiger partial charge in [-0.3, -0.25) is 9.59 Å². The van der Waals surface area contributed by atoms with Crippen molar-refractivity contribution in [3.63, 3.8) is 0 Å². The number of carbonyl (C=O) groups excluding carboxylic acids is 2. The highest BCUT2D eigenvalue weighted by molar-refractivity contribution is 5.87. The van der Waals surface area contributed by atoms with Crippen LogP contribution in [0.5, 0.6) is 0 Å². The topological polar surface area (TPSA) is 79.5 Å². The Morgan fingerprint density at radius 1 is 1.47 bits per heavy atom. The zero-order valence-electron chi connectivity index (χ0n) is 8.84. The summed E-state index contributed by atoms with van der Waals surface area (Å²) in [5, 5.41) is 8.16. The van der Waals surface area contributed by atoms with Gasteiger partial charge in [0.15, 0.2) is 0 Å². The van der Waals surface area contributed by atoms with Gasteiger partial charge in [0.25, 0.3) is 5.91 Å². The van der Waals surface area contributed by atoms with Gasteiger partial charge in [-0.2, -0.15) is 0 Å². The summed E-state index contributed by atoms with van der Waals surface area (Å²) in [4.78, 5) is 22.5. The third-order valence-corrected chi connectivity index (χ3v) is 2.02. The van der Waals surface area contributed by atoms with E-state index in [0.717, 1.165) is 6.54 Å². The summed E-state index contributed by atoms with van der Waals surface area (Å²) in [6.07, 6.45) is -0.479. The van der Waals surface area contributed by atoms with Crippen LogP contribution in [0.1, 0.15) is 6.92 Å². The van der Waals surface area contributed by atoms with Crippen LogP contribution in [0.2, 0.25) is 0 Å². The highest BCUT2D eigenvalue weighted by Gasteiger charge is 2.21. The van der Waals surface area contributed by atoms with E-state index in [2.05, 4.69) is 16.0 Å². The lowest BCUT2D eigenvalue weighted by molar-refractivity contribution is -0.135. The molecule has 0 aromatic carbocycles. The van der Waals surface area contributed by atoms with E-state index in [-0.39, 0.29) is 18.4 Å². The van der Waals surface area contributed by atoms with E-state index in [1.165, 1.54) is 0 Å². The number of morpholine rings is 1. The SMILES string of the molecule is CCNC(=O)CNC(=O)C1CNCCO1. The van der Waals surface area contributed by atoms with Gasteiger partial charge in [0.1, 0.15) is 6.10 Å². The van der Waals surface area contributed by atoms with Crippen molar-refractivity contribution in [3.8, 4) is 0 Å². The summed E-state index contributed by atoms with van der Waals surface area (Å²) >= 11 is 0. The maximum absolute atomic E-state index is 11.5. The van der Waals surface area contributed by atoms with Gasteiger partial charge < -0.3 is 20.7 Å². The Kier molecular flexibility index (Phi) is 5.06. The van der Waals surface area contributed by atoms with Crippen LogP contribution in [0.4, 0.5) is 0 Å². The normalized spacial score (nSPS) is 20.7. The molecule has 0 spiro atoms. The largest absolute Gasteiger partial charge is 0.366 e. The standard InChI is InChI=1S/C9H17N3O3/c1-2-11-8(13)6-12-9(14)7-5-10-3-4-15-7/h7,10H,2-6H2,1H3,(H,11,13)(H,12,14). The lowest BCUT2D eigenvalue weighted by atomic mass is 10.3. The first-order valence-corrected chi connectivity index (χ1v) is 5.10. The summed E-state index contributed by atoms with van der Waals surface area (Å²) in [6, 6.07) is 0. The Bertz CT molecular complexity index is 227. The molecule has 0 bridgehead atoms. The maximum atomic E-state index is 11.5. The Balaban J connectivity index is 2.19. The molecule has 6 heteroatoms. The molecule has 1 aliphatic rings. The first-order valence-electron chi connectivity index (χ1n) is 5.10. The molecule has 0 aliphatic carbocycles. The first kappa shape index (κ1) is 11.9. The molecule has 1 fully saturated rings. The van der Waals surface area contributed by atoms with Gasteiger partial charge in [0.2, 0.25) is 5.91 Å². The van der Waals surface area contributed by atoms with Gasteiger partial charge in [-0.1, -0.05) is 0 Å². The average Bonchev–Trinajstić information content (AvgIpc) is 2.27. The number of likely N-dealkylation sites (N-methyl/N-ethyl adjacent to an activating group) is 1. The van der Waals surface area contributed by atoms with Gasteiger partial charge in [-0.15, -0.1) is 0 Å². The number of hydrogen-bond acceptors (Lipinski definition) is 4. The molecule has 86 valence electrons. The van der Waals surface area contributed by atoms with Gasteiger partial charge in [-0.25, -0.2) is 0 Å². The van der Waals surface area contributed by atoms with E-state index < -0.39 is 6.10 Å². The monoisotopic (exact) mass is 215 g/mol. The molecule has 1 saturated heterocycles. The third-order valence-electron chi connectivity index (χ3n) is 2.02. The summed E-state index contributed by atoms with van der Waals surface area (Å²) < 4.78 is 5.23. The fourth-order valence-electron chi connectivity index (χ4n) is 1.27. The molecule has 1 unspecified atom stereocenters. The van der Waals surface area contributed by atoms with E-state index in [1.807, 2.05) is 6.92 Å². The van der Waals surface area contributed by atoms with Crippen molar-refractivity contribution in [2.45, 2.75) is 13.0 Å². The molecular weight excluding hydrogens is 198 g/mol. The van der Waals surface area contributed by atoms with Crippen molar-refractivity contribution >= 4 is 11.8 Å². The lowest BCUT2D eigenvalue weighted by Gasteiger charge is -2.22. The van der Waals surface area contributed by atoms with Gasteiger partial charge in [-0.05, 0) is 6.92 Å². The van der Waals surface area contributed by atoms with Crippen molar-refractivity contribution in [2.75, 3.05) is 32.8 Å². The summed E-state index contributed by atoms with van der Waals surface area (Å²) in [5.41, 5.74) is 0. The van der Waals surface area contributed by atoms with Crippen LogP contribution in [-0.2, 0) is 14.3 Å². The van der Waals surface area contributed by atoms with Gasteiger partial charge in [0.05, 0.1) is 13.2 Å². The molecule has 0 saturated carbocycles. The molecule has 3 N–H and O–H groups in total. The summed E-state index contributed by atoms with van der Waals surface area (Å²) in [5.74, 6) is -0.428. The molecule has 1 aliphatic heterocycles. The highest BCUT2D eigenvalue weighted by atomic mass is 16.5. The smallest absolute Gasteiger partial charge is 0.250 e. The van der Waals surface area contributed by atoms with Crippen LogP contribution in [0.3, 0.4) is 0 Å². The van der Waals surface area contributed by atoms with Crippen LogP contribution in [0, 0.1) is 0 Å². The van der Waals surface area contributed by atoms with E-state index in [4.69, 9.17) is 4.74 Å². The highest BCUT2D eigenvalue weighted by Crippen LogP contribution is 1.95. The maximum Gasteiger partial charge on any atom is 0.250 e. The summed E-state index contributed by atoms with van der Waals surface area (Å²) in [6.45, 7) is 4.19. The molecule has 1 rings (SSSR count). The molecule has 6 nitrogen and oxygen atoms in total. The molecule has 0 aromatic rings. The second kappa shape index (κ2) is 6.36. The number of ether oxygens (including phenoxy) is 1. The van der Waals surface area contributed by atoms with E-state index >= 15 is 0 Å². The number of carbonyl (C=O) groups is 2. The van der Waals surface area contributed by atoms with Crippen molar-refractivity contribution in [2.24, 2.45) is 0 Å². The van der Waals surface area contributed by atoms with Crippen molar-refractivity contribution < 1.29 is 14.3 Å². The fraction of sp³-hybridized carbons (Fsp3) is 0.778. The Hall–Kier alpha value is -1.14. The zero-order valence-corrected chi connectivity index (χ0v) is 8.84. The lowest BCUT2D eigenvalue weighted by Crippen LogP contribution is -2.49. The van der Waals surface area contributed by atoms with Crippen LogP contribution in [-0.4, -0.2) is 50.7 Å². The van der Waals surface area contributed by atoms with Crippen LogP contribution in [0.25, 0.3) is 0 Å². The Labute approximate surface area is 88.7 Å². The fourth-order valence-corrected chi connectivity index (χ4v) is 1.27. The minimum atomic E-state index is -0.479. The van der Waals surface area contributed by atoms with E-state index in [0.29, 0.717) is 19.7 Å². The van der Waals surface area contributed by atoms with E-state index in [1.54, 1.807) is 0 Å². The molecule has 1 heterocycles. The van der Waals surface area contributed by atoms with Crippen molar-refractivity contribution in [1.82, 2.24) is 16.0 Å². The summed E-state index contributed by atoms with van der Waals surface area (Å²) in [7, 11) is 0. The van der Waals surface area contributed by atoms with Gasteiger partial charge >= 0.3 is 0 Å². The molecular formula is C9H17N3O3. The molecule has 15 heavy (non-hydrogen) atoms. The van der Waals surface area contributed by atoms with Crippen molar-refractivity contribution in [3.05, 3.63) is 0 Å². The average molecular weight is 215 g/mol. The number of hydrogen-bond donors (Lipinski definition) is 3. The Morgan fingerprint density at radius 2 is 2.27 bits per heavy atom. The Morgan fingerprint density at radius 3 is 2.87 bits per heavy atom. The molecule has 0 aromatic heterocycles. The molecule has 1 atom stereocenters. The predicted octanol–water partition coefficient (Wildman–Crippen LogP) is -1.77. The third kappa shape index (κ3) is 4.26. The van der Waals surface area contributed by atoms with Crippen molar-refractivity contribution in [1.29, 1.82) is 0 Å².